The first-order chi connectivity index (χ1) is 17.7. The molecule has 0 aliphatic carbocycles. The molecule has 5 aromatic rings. The maximum Gasteiger partial charge on any atom is 0.340 e. The predicted octanol–water partition coefficient (Wildman–Crippen LogP) is 4.91. The average molecular weight is 500 g/mol. The zero-order chi connectivity index (χ0) is 24.6. The van der Waals surface area contributed by atoms with Crippen molar-refractivity contribution in [1.82, 2.24) is 19.5 Å². The third-order valence-electron chi connectivity index (χ3n) is 6.40. The van der Waals surface area contributed by atoms with Crippen LogP contribution in [0.4, 0.5) is 5.69 Å². The number of carbonyl (C=O) groups excluding carboxylic acids is 1. The molecule has 6 rings (SSSR count). The minimum atomic E-state index is -0.441. The second-order valence-corrected chi connectivity index (χ2v) is 8.83. The van der Waals surface area contributed by atoms with Gasteiger partial charge in [-0.1, -0.05) is 23.7 Å². The Morgan fingerprint density at radius 1 is 1.03 bits per heavy atom. The molecular formula is C27H22ClN5O3. The van der Waals surface area contributed by atoms with Gasteiger partial charge < -0.3 is 14.4 Å². The van der Waals surface area contributed by atoms with Crippen LogP contribution in [0.3, 0.4) is 0 Å². The zero-order valence-corrected chi connectivity index (χ0v) is 20.3. The summed E-state index contributed by atoms with van der Waals surface area (Å²) in [5, 5.41) is 1.43. The third kappa shape index (κ3) is 3.75. The Hall–Kier alpha value is -4.01. The van der Waals surface area contributed by atoms with Crippen LogP contribution in [0.25, 0.3) is 39.0 Å². The van der Waals surface area contributed by atoms with Crippen LogP contribution >= 0.6 is 11.6 Å². The highest BCUT2D eigenvalue weighted by atomic mass is 35.5. The minimum absolute atomic E-state index is 0.405. The van der Waals surface area contributed by atoms with Crippen molar-refractivity contribution < 1.29 is 14.3 Å². The molecule has 1 aliphatic heterocycles. The van der Waals surface area contributed by atoms with E-state index in [0.717, 1.165) is 40.9 Å². The summed E-state index contributed by atoms with van der Waals surface area (Å²) in [6.45, 7) is 2.71. The van der Waals surface area contributed by atoms with Gasteiger partial charge in [0.1, 0.15) is 11.3 Å². The van der Waals surface area contributed by atoms with Gasteiger partial charge >= 0.3 is 5.97 Å². The van der Waals surface area contributed by atoms with Gasteiger partial charge in [-0.2, -0.15) is 0 Å². The summed E-state index contributed by atoms with van der Waals surface area (Å²) in [6, 6.07) is 15.4. The van der Waals surface area contributed by atoms with Crippen molar-refractivity contribution in [2.45, 2.75) is 0 Å². The molecule has 0 amide bonds. The largest absolute Gasteiger partial charge is 0.465 e. The number of imidazole rings is 1. The standard InChI is InChI=1S/C27H22ClN5O3/c1-35-27(34)20-15-18(32-11-13-36-14-12-32)16-23-25(20)31-26(17-5-8-29-9-6-17)33(23)22-7-10-30-24-19(22)3-2-4-21(24)28/h2-10,15-16H,11-14H2,1H3. The number of anilines is 1. The fourth-order valence-corrected chi connectivity index (χ4v) is 4.91. The lowest BCUT2D eigenvalue weighted by atomic mass is 10.1. The Kier molecular flexibility index (Phi) is 5.75. The molecule has 4 heterocycles. The molecule has 36 heavy (non-hydrogen) atoms. The van der Waals surface area contributed by atoms with Crippen LogP contribution in [0.5, 0.6) is 0 Å². The molecule has 0 saturated carbocycles. The summed E-state index contributed by atoms with van der Waals surface area (Å²) in [6.07, 6.45) is 5.18. The second-order valence-electron chi connectivity index (χ2n) is 8.42. The maximum absolute atomic E-state index is 13.0. The Balaban J connectivity index is 1.72. The molecule has 2 aromatic carbocycles. The number of nitrogens with zero attached hydrogens (tertiary/aromatic N) is 5. The fourth-order valence-electron chi connectivity index (χ4n) is 4.69. The smallest absolute Gasteiger partial charge is 0.340 e. The van der Waals surface area contributed by atoms with E-state index in [2.05, 4.69) is 25.5 Å². The summed E-state index contributed by atoms with van der Waals surface area (Å²) in [5.41, 5.74) is 5.05. The summed E-state index contributed by atoms with van der Waals surface area (Å²) in [4.78, 5) is 28.8. The number of hydrogen-bond acceptors (Lipinski definition) is 7. The summed E-state index contributed by atoms with van der Waals surface area (Å²) >= 11 is 6.50. The van der Waals surface area contributed by atoms with Gasteiger partial charge in [0.05, 0.1) is 47.6 Å². The van der Waals surface area contributed by atoms with Crippen molar-refractivity contribution in [3.05, 3.63) is 77.7 Å². The van der Waals surface area contributed by atoms with E-state index in [9.17, 15) is 4.79 Å². The number of morpholine rings is 1. The Morgan fingerprint density at radius 3 is 2.61 bits per heavy atom. The number of halogens is 1. The number of pyridine rings is 2. The molecule has 0 radical (unpaired) electrons. The molecule has 0 N–H and O–H groups in total. The van der Waals surface area contributed by atoms with Gasteiger partial charge in [-0.3, -0.25) is 14.5 Å². The number of fused-ring (bicyclic) bond motifs is 2. The molecular weight excluding hydrogens is 478 g/mol. The summed E-state index contributed by atoms with van der Waals surface area (Å²) < 4.78 is 12.8. The molecule has 180 valence electrons. The number of aromatic nitrogens is 4. The van der Waals surface area contributed by atoms with Crippen molar-refractivity contribution in [2.24, 2.45) is 0 Å². The predicted molar refractivity (Wildman–Crippen MR) is 139 cm³/mol. The first-order valence-electron chi connectivity index (χ1n) is 11.6. The first-order valence-corrected chi connectivity index (χ1v) is 11.9. The van der Waals surface area contributed by atoms with Crippen LogP contribution in [0.2, 0.25) is 5.02 Å². The van der Waals surface area contributed by atoms with Gasteiger partial charge in [0.25, 0.3) is 0 Å². The zero-order valence-electron chi connectivity index (χ0n) is 19.5. The molecule has 0 bridgehead atoms. The fraction of sp³-hybridized carbons (Fsp3) is 0.185. The Labute approximate surface area is 212 Å². The highest BCUT2D eigenvalue weighted by Crippen LogP contribution is 2.36. The van der Waals surface area contributed by atoms with Crippen LogP contribution in [0, 0.1) is 0 Å². The van der Waals surface area contributed by atoms with Crippen LogP contribution < -0.4 is 4.90 Å². The number of para-hydroxylation sites is 1. The molecule has 1 fully saturated rings. The minimum Gasteiger partial charge on any atom is -0.465 e. The number of benzene rings is 2. The third-order valence-corrected chi connectivity index (χ3v) is 6.71. The van der Waals surface area contributed by atoms with Crippen molar-refractivity contribution in [2.75, 3.05) is 38.3 Å². The number of carbonyl (C=O) groups is 1. The lowest BCUT2D eigenvalue weighted by Crippen LogP contribution is -2.36. The number of methoxy groups -OCH3 is 1. The molecule has 0 unspecified atom stereocenters. The highest BCUT2D eigenvalue weighted by Gasteiger charge is 2.24. The van der Waals surface area contributed by atoms with Gasteiger partial charge in [-0.05, 0) is 36.4 Å². The van der Waals surface area contributed by atoms with Crippen molar-refractivity contribution >= 4 is 45.2 Å². The first kappa shape index (κ1) is 22.5. The quantitative estimate of drug-likeness (QED) is 0.325. The van der Waals surface area contributed by atoms with Crippen molar-refractivity contribution in [1.29, 1.82) is 0 Å². The lowest BCUT2D eigenvalue weighted by Gasteiger charge is -2.29. The number of esters is 1. The Bertz CT molecular complexity index is 1600. The average Bonchev–Trinajstić information content (AvgIpc) is 3.32. The van der Waals surface area contributed by atoms with E-state index in [1.54, 1.807) is 18.6 Å². The molecule has 0 spiro atoms. The van der Waals surface area contributed by atoms with E-state index < -0.39 is 5.97 Å². The number of rotatable bonds is 4. The lowest BCUT2D eigenvalue weighted by molar-refractivity contribution is 0.0603. The summed E-state index contributed by atoms with van der Waals surface area (Å²) in [5.74, 6) is 0.229. The van der Waals surface area contributed by atoms with Crippen molar-refractivity contribution in [3.63, 3.8) is 0 Å². The number of ether oxygens (including phenoxy) is 2. The monoisotopic (exact) mass is 499 g/mol. The van der Waals surface area contributed by atoms with Crippen LogP contribution in [-0.4, -0.2) is 58.9 Å². The maximum atomic E-state index is 13.0. The van der Waals surface area contributed by atoms with Crippen LogP contribution in [0.1, 0.15) is 10.4 Å². The van der Waals surface area contributed by atoms with Crippen LogP contribution in [0.15, 0.2) is 67.1 Å². The molecule has 3 aromatic heterocycles. The normalized spacial score (nSPS) is 13.9. The van der Waals surface area contributed by atoms with Crippen LogP contribution in [-0.2, 0) is 9.47 Å². The molecule has 9 heteroatoms. The van der Waals surface area contributed by atoms with Gasteiger partial charge in [0.2, 0.25) is 0 Å². The van der Waals surface area contributed by atoms with Gasteiger partial charge in [0.15, 0.2) is 0 Å². The van der Waals surface area contributed by atoms with Gasteiger partial charge in [-0.15, -0.1) is 0 Å². The molecule has 0 atom stereocenters. The molecule has 1 aliphatic rings. The van der Waals surface area contributed by atoms with E-state index in [0.29, 0.717) is 40.7 Å². The SMILES string of the molecule is COC(=O)c1cc(N2CCOCC2)cc2c1nc(-c1ccncc1)n2-c1ccnc2c(Cl)cccc12. The highest BCUT2D eigenvalue weighted by molar-refractivity contribution is 6.35. The van der Waals surface area contributed by atoms with Gasteiger partial charge in [0, 0.05) is 48.3 Å². The van der Waals surface area contributed by atoms with E-state index in [1.807, 2.05) is 42.5 Å². The molecule has 1 saturated heterocycles. The van der Waals surface area contributed by atoms with E-state index >= 15 is 0 Å². The molecule has 8 nitrogen and oxygen atoms in total. The number of hydrogen-bond donors (Lipinski definition) is 0. The second kappa shape index (κ2) is 9.22. The van der Waals surface area contributed by atoms with E-state index in [4.69, 9.17) is 26.1 Å². The topological polar surface area (TPSA) is 82.4 Å². The van der Waals surface area contributed by atoms with Gasteiger partial charge in [-0.25, -0.2) is 9.78 Å². The Morgan fingerprint density at radius 2 is 1.83 bits per heavy atom. The van der Waals surface area contributed by atoms with E-state index in [-0.39, 0.29) is 0 Å². The van der Waals surface area contributed by atoms with Crippen molar-refractivity contribution in [3.8, 4) is 17.1 Å². The van der Waals surface area contributed by atoms with E-state index in [1.165, 1.54) is 7.11 Å². The summed E-state index contributed by atoms with van der Waals surface area (Å²) in [7, 11) is 1.38.